The minimum atomic E-state index is -0.105. The minimum absolute atomic E-state index is 0.0536. The average molecular weight is 392 g/mol. The fraction of sp³-hybridized carbons (Fsp3) is 0.261. The highest BCUT2D eigenvalue weighted by molar-refractivity contribution is 5.72. The fourth-order valence-corrected chi connectivity index (χ4v) is 3.51. The van der Waals surface area contributed by atoms with E-state index in [0.717, 1.165) is 28.2 Å². The second-order valence-electron chi connectivity index (χ2n) is 6.87. The molecule has 29 heavy (non-hydrogen) atoms. The van der Waals surface area contributed by atoms with Crippen LogP contribution in [-0.2, 0) is 13.1 Å². The summed E-state index contributed by atoms with van der Waals surface area (Å²) in [6.07, 6.45) is 2.20. The second-order valence-corrected chi connectivity index (χ2v) is 6.87. The molecule has 6 heteroatoms. The van der Waals surface area contributed by atoms with Crippen molar-refractivity contribution in [3.8, 4) is 5.75 Å². The van der Waals surface area contributed by atoms with Crippen LogP contribution in [0.5, 0.6) is 5.75 Å². The lowest BCUT2D eigenvalue weighted by atomic mass is 10.1. The normalized spacial score (nSPS) is 12.5. The Morgan fingerprint density at radius 1 is 1.03 bits per heavy atom. The largest absolute Gasteiger partial charge is 0.497 e. The van der Waals surface area contributed by atoms with Gasteiger partial charge in [0.15, 0.2) is 5.58 Å². The third-order valence-corrected chi connectivity index (χ3v) is 4.94. The molecule has 0 aliphatic carbocycles. The second kappa shape index (κ2) is 8.94. The van der Waals surface area contributed by atoms with Gasteiger partial charge in [0.2, 0.25) is 5.89 Å². The number of aromatic nitrogens is 1. The number of benzene rings is 2. The van der Waals surface area contributed by atoms with Crippen LogP contribution in [0.1, 0.15) is 29.7 Å². The van der Waals surface area contributed by atoms with E-state index in [1.54, 1.807) is 13.4 Å². The van der Waals surface area contributed by atoms with Crippen molar-refractivity contribution in [2.24, 2.45) is 0 Å². The molecule has 0 aliphatic heterocycles. The van der Waals surface area contributed by atoms with Crippen LogP contribution >= 0.6 is 0 Å². The molecule has 4 aromatic rings. The van der Waals surface area contributed by atoms with Gasteiger partial charge in [0.1, 0.15) is 17.0 Å². The molecule has 0 aliphatic rings. The van der Waals surface area contributed by atoms with Crippen LogP contribution in [0.15, 0.2) is 75.8 Å². The zero-order chi connectivity index (χ0) is 20.1. The summed E-state index contributed by atoms with van der Waals surface area (Å²) in [7, 11) is 1.66. The highest BCUT2D eigenvalue weighted by Crippen LogP contribution is 2.29. The van der Waals surface area contributed by atoms with Crippen molar-refractivity contribution in [1.29, 1.82) is 0 Å². The Balaban J connectivity index is 1.64. The standard InChI is InChI=1S/C23H24N2O4/c1-27-18-10-8-17(9-11-18)15-25(20(12-13-26)22-7-4-14-28-22)16-23-24-19-5-2-3-6-21(19)29-23/h2-11,14,20,26H,12-13,15-16H2,1H3/t20-/m1/s1. The van der Waals surface area contributed by atoms with Crippen LogP contribution in [0.2, 0.25) is 0 Å². The number of fused-ring (bicyclic) bond motifs is 1. The van der Waals surface area contributed by atoms with Crippen molar-refractivity contribution in [2.45, 2.75) is 25.6 Å². The summed E-state index contributed by atoms with van der Waals surface area (Å²) in [6.45, 7) is 1.19. The number of methoxy groups -OCH3 is 1. The number of ether oxygens (including phenoxy) is 1. The van der Waals surface area contributed by atoms with Gasteiger partial charge in [-0.15, -0.1) is 0 Å². The SMILES string of the molecule is COc1ccc(CN(Cc2nc3ccccc3o2)[C@H](CCO)c2ccco2)cc1. The first kappa shape index (κ1) is 19.2. The number of para-hydroxylation sites is 2. The average Bonchev–Trinajstić information content (AvgIpc) is 3.41. The molecule has 1 N–H and O–H groups in total. The summed E-state index contributed by atoms with van der Waals surface area (Å²) < 4.78 is 16.9. The Hall–Kier alpha value is -3.09. The van der Waals surface area contributed by atoms with E-state index >= 15 is 0 Å². The number of furan rings is 1. The molecule has 4 rings (SSSR count). The van der Waals surface area contributed by atoms with Gasteiger partial charge in [-0.1, -0.05) is 24.3 Å². The maximum Gasteiger partial charge on any atom is 0.209 e. The third kappa shape index (κ3) is 4.50. The molecule has 2 aromatic carbocycles. The maximum atomic E-state index is 9.68. The molecule has 0 radical (unpaired) electrons. The Bertz CT molecular complexity index is 992. The molecule has 150 valence electrons. The predicted octanol–water partition coefficient (Wildman–Crippen LogP) is 4.56. The van der Waals surface area contributed by atoms with Crippen LogP contribution < -0.4 is 4.74 Å². The molecule has 0 saturated heterocycles. The number of hydrogen-bond acceptors (Lipinski definition) is 6. The molecule has 6 nitrogen and oxygen atoms in total. The highest BCUT2D eigenvalue weighted by atomic mass is 16.5. The molecule has 0 fully saturated rings. The topological polar surface area (TPSA) is 71.9 Å². The van der Waals surface area contributed by atoms with E-state index in [9.17, 15) is 5.11 Å². The number of oxazole rings is 1. The molecule has 0 amide bonds. The lowest BCUT2D eigenvalue weighted by molar-refractivity contribution is 0.115. The van der Waals surface area contributed by atoms with Gasteiger partial charge in [0, 0.05) is 13.2 Å². The predicted molar refractivity (Wildman–Crippen MR) is 109 cm³/mol. The van der Waals surface area contributed by atoms with Crippen molar-refractivity contribution in [3.63, 3.8) is 0 Å². The van der Waals surface area contributed by atoms with Crippen LogP contribution in [-0.4, -0.2) is 28.7 Å². The number of hydrogen-bond donors (Lipinski definition) is 1. The zero-order valence-corrected chi connectivity index (χ0v) is 16.3. The Morgan fingerprint density at radius 2 is 1.86 bits per heavy atom. The van der Waals surface area contributed by atoms with E-state index in [1.807, 2.05) is 60.7 Å². The van der Waals surface area contributed by atoms with E-state index in [-0.39, 0.29) is 12.6 Å². The monoisotopic (exact) mass is 392 g/mol. The van der Waals surface area contributed by atoms with Crippen molar-refractivity contribution in [3.05, 3.63) is 84.1 Å². The van der Waals surface area contributed by atoms with Crippen LogP contribution in [0.25, 0.3) is 11.1 Å². The van der Waals surface area contributed by atoms with Crippen molar-refractivity contribution < 1.29 is 18.7 Å². The summed E-state index contributed by atoms with van der Waals surface area (Å²) in [5.41, 5.74) is 2.73. The van der Waals surface area contributed by atoms with Gasteiger partial charge < -0.3 is 18.7 Å². The molecule has 0 unspecified atom stereocenters. The lowest BCUT2D eigenvalue weighted by Crippen LogP contribution is -2.29. The Kier molecular flexibility index (Phi) is 5.93. The molecule has 2 heterocycles. The van der Waals surface area contributed by atoms with E-state index in [1.165, 1.54) is 0 Å². The van der Waals surface area contributed by atoms with Gasteiger partial charge in [0.25, 0.3) is 0 Å². The van der Waals surface area contributed by atoms with Gasteiger partial charge in [-0.05, 0) is 48.4 Å². The summed E-state index contributed by atoms with van der Waals surface area (Å²) in [5, 5.41) is 9.68. The Morgan fingerprint density at radius 3 is 2.55 bits per heavy atom. The first-order chi connectivity index (χ1) is 14.3. The summed E-state index contributed by atoms with van der Waals surface area (Å²) >= 11 is 0. The fourth-order valence-electron chi connectivity index (χ4n) is 3.51. The minimum Gasteiger partial charge on any atom is -0.497 e. The van der Waals surface area contributed by atoms with Gasteiger partial charge in [-0.3, -0.25) is 4.90 Å². The van der Waals surface area contributed by atoms with Crippen LogP contribution in [0.4, 0.5) is 0 Å². The van der Waals surface area contributed by atoms with E-state index in [4.69, 9.17) is 13.6 Å². The summed E-state index contributed by atoms with van der Waals surface area (Å²) in [6, 6.07) is 19.4. The maximum absolute atomic E-state index is 9.68. The van der Waals surface area contributed by atoms with Crippen molar-refractivity contribution in [1.82, 2.24) is 9.88 Å². The van der Waals surface area contributed by atoms with Gasteiger partial charge >= 0.3 is 0 Å². The summed E-state index contributed by atoms with van der Waals surface area (Å²) in [5.74, 6) is 2.26. The van der Waals surface area contributed by atoms with E-state index < -0.39 is 0 Å². The summed E-state index contributed by atoms with van der Waals surface area (Å²) in [4.78, 5) is 6.83. The highest BCUT2D eigenvalue weighted by Gasteiger charge is 2.25. The first-order valence-corrected chi connectivity index (χ1v) is 9.62. The Labute approximate surface area is 169 Å². The van der Waals surface area contributed by atoms with Crippen molar-refractivity contribution >= 4 is 11.1 Å². The quantitative estimate of drug-likeness (QED) is 0.450. The third-order valence-electron chi connectivity index (χ3n) is 4.94. The van der Waals surface area contributed by atoms with Crippen molar-refractivity contribution in [2.75, 3.05) is 13.7 Å². The van der Waals surface area contributed by atoms with Gasteiger partial charge in [0.05, 0.1) is 26.0 Å². The number of aliphatic hydroxyl groups is 1. The molecule has 2 aromatic heterocycles. The zero-order valence-electron chi connectivity index (χ0n) is 16.3. The van der Waals surface area contributed by atoms with Crippen LogP contribution in [0, 0.1) is 0 Å². The van der Waals surface area contributed by atoms with Crippen LogP contribution in [0.3, 0.4) is 0 Å². The molecular formula is C23H24N2O4. The lowest BCUT2D eigenvalue weighted by Gasteiger charge is -2.29. The van der Waals surface area contributed by atoms with Gasteiger partial charge in [-0.2, -0.15) is 0 Å². The molecular weight excluding hydrogens is 368 g/mol. The first-order valence-electron chi connectivity index (χ1n) is 9.62. The van der Waals surface area contributed by atoms with Gasteiger partial charge in [-0.25, -0.2) is 4.98 Å². The molecule has 0 spiro atoms. The number of nitrogens with zero attached hydrogens (tertiary/aromatic N) is 2. The molecule has 0 saturated carbocycles. The smallest absolute Gasteiger partial charge is 0.209 e. The number of rotatable bonds is 9. The number of aliphatic hydroxyl groups excluding tert-OH is 1. The van der Waals surface area contributed by atoms with E-state index in [2.05, 4.69) is 9.88 Å². The van der Waals surface area contributed by atoms with E-state index in [0.29, 0.717) is 25.4 Å². The molecule has 1 atom stereocenters. The molecule has 0 bridgehead atoms.